The zero-order chi connectivity index (χ0) is 18.4. The largest absolute Gasteiger partial charge is 0.347 e. The van der Waals surface area contributed by atoms with Crippen molar-refractivity contribution >= 4 is 11.8 Å². The van der Waals surface area contributed by atoms with Crippen LogP contribution in [0.2, 0.25) is 0 Å². The monoisotopic (exact) mass is 360 g/mol. The predicted octanol–water partition coefficient (Wildman–Crippen LogP) is 3.80. The fourth-order valence-electron chi connectivity index (χ4n) is 4.45. The van der Waals surface area contributed by atoms with Gasteiger partial charge in [-0.1, -0.05) is 44.2 Å². The second-order valence-electron chi connectivity index (χ2n) is 7.83. The molecule has 3 rings (SSSR count). The molecule has 2 aliphatic carbocycles. The van der Waals surface area contributed by atoms with Crippen LogP contribution in [0, 0.1) is 11.7 Å². The van der Waals surface area contributed by atoms with Gasteiger partial charge in [-0.15, -0.1) is 0 Å². The van der Waals surface area contributed by atoms with E-state index in [1.165, 1.54) is 31.4 Å². The Morgan fingerprint density at radius 2 is 1.62 bits per heavy atom. The Morgan fingerprint density at radius 1 is 0.962 bits per heavy atom. The van der Waals surface area contributed by atoms with Crippen LogP contribution in [-0.4, -0.2) is 18.4 Å². The Morgan fingerprint density at radius 3 is 2.27 bits per heavy atom. The van der Waals surface area contributed by atoms with E-state index in [-0.39, 0.29) is 24.2 Å². The van der Waals surface area contributed by atoms with Crippen LogP contribution in [0.1, 0.15) is 69.8 Å². The first-order chi connectivity index (χ1) is 12.6. The molecule has 4 nitrogen and oxygen atoms in total. The van der Waals surface area contributed by atoms with Crippen molar-refractivity contribution in [1.29, 1.82) is 0 Å². The molecule has 1 aromatic rings. The van der Waals surface area contributed by atoms with Crippen LogP contribution < -0.4 is 10.6 Å². The van der Waals surface area contributed by atoms with Crippen LogP contribution in [0.15, 0.2) is 24.3 Å². The van der Waals surface area contributed by atoms with E-state index in [4.69, 9.17) is 0 Å². The second kappa shape index (κ2) is 8.65. The summed E-state index contributed by atoms with van der Waals surface area (Å²) < 4.78 is 13.2. The number of hydrogen-bond donors (Lipinski definition) is 2. The van der Waals surface area contributed by atoms with E-state index in [1.54, 1.807) is 12.1 Å². The molecular formula is C21H29FN2O2. The van der Waals surface area contributed by atoms with Gasteiger partial charge in [-0.3, -0.25) is 9.59 Å². The van der Waals surface area contributed by atoms with Gasteiger partial charge in [0, 0.05) is 6.42 Å². The van der Waals surface area contributed by atoms with Gasteiger partial charge in [0.25, 0.3) is 0 Å². The lowest BCUT2D eigenvalue weighted by Gasteiger charge is -2.31. The Bertz CT molecular complexity index is 617. The molecule has 0 radical (unpaired) electrons. The van der Waals surface area contributed by atoms with E-state index in [0.717, 1.165) is 44.1 Å². The molecule has 0 unspecified atom stereocenters. The van der Waals surface area contributed by atoms with Gasteiger partial charge < -0.3 is 10.6 Å². The van der Waals surface area contributed by atoms with E-state index >= 15 is 0 Å². The number of nitrogens with one attached hydrogen (secondary N) is 2. The average molecular weight is 360 g/mol. The molecule has 0 aromatic heterocycles. The smallest absolute Gasteiger partial charge is 0.240 e. The van der Waals surface area contributed by atoms with E-state index in [0.29, 0.717) is 12.3 Å². The maximum atomic E-state index is 13.2. The fraction of sp³-hybridized carbons (Fsp3) is 0.619. The zero-order valence-electron chi connectivity index (χ0n) is 15.4. The number of rotatable bonds is 6. The average Bonchev–Trinajstić information content (AvgIpc) is 3.11. The highest BCUT2D eigenvalue weighted by Gasteiger charge is 2.37. The van der Waals surface area contributed by atoms with Crippen LogP contribution in [-0.2, 0) is 15.1 Å². The summed E-state index contributed by atoms with van der Waals surface area (Å²) in [6.07, 6.45) is 10.2. The van der Waals surface area contributed by atoms with Crippen molar-refractivity contribution in [2.45, 2.75) is 69.7 Å². The third-order valence-electron chi connectivity index (χ3n) is 5.88. The summed E-state index contributed by atoms with van der Waals surface area (Å²) in [6, 6.07) is 6.38. The van der Waals surface area contributed by atoms with Crippen LogP contribution in [0.3, 0.4) is 0 Å². The molecule has 26 heavy (non-hydrogen) atoms. The van der Waals surface area contributed by atoms with Gasteiger partial charge >= 0.3 is 0 Å². The minimum atomic E-state index is -0.432. The molecule has 0 bridgehead atoms. The van der Waals surface area contributed by atoms with Crippen LogP contribution in [0.5, 0.6) is 0 Å². The minimum absolute atomic E-state index is 0.00843. The molecular weight excluding hydrogens is 331 g/mol. The second-order valence-corrected chi connectivity index (χ2v) is 7.83. The van der Waals surface area contributed by atoms with Crippen molar-refractivity contribution in [1.82, 2.24) is 10.6 Å². The molecule has 5 heteroatoms. The Hall–Kier alpha value is -1.91. The Balaban J connectivity index is 1.52. The molecule has 2 aliphatic rings. The van der Waals surface area contributed by atoms with Crippen molar-refractivity contribution in [2.24, 2.45) is 5.92 Å². The first kappa shape index (κ1) is 18.9. The molecule has 2 N–H and O–H groups in total. The van der Waals surface area contributed by atoms with Gasteiger partial charge in [-0.2, -0.15) is 0 Å². The SMILES string of the molecule is O=C(CC1CCCCC1)NCC(=O)NC1(c2ccc(F)cc2)CCCC1. The highest BCUT2D eigenvalue weighted by atomic mass is 19.1. The molecule has 0 atom stereocenters. The topological polar surface area (TPSA) is 58.2 Å². The van der Waals surface area contributed by atoms with Gasteiger partial charge in [0.15, 0.2) is 0 Å². The normalized spacial score (nSPS) is 19.9. The maximum Gasteiger partial charge on any atom is 0.240 e. The standard InChI is InChI=1S/C21H29FN2O2/c22-18-10-8-17(9-11-18)21(12-4-5-13-21)24-20(26)15-23-19(25)14-16-6-2-1-3-7-16/h8-11,16H,1-7,12-15H2,(H,23,25)(H,24,26). The molecule has 0 saturated heterocycles. The minimum Gasteiger partial charge on any atom is -0.347 e. The first-order valence-corrected chi connectivity index (χ1v) is 9.91. The molecule has 1 aromatic carbocycles. The van der Waals surface area contributed by atoms with Gasteiger partial charge in [0.05, 0.1) is 12.1 Å². The number of halogens is 1. The molecule has 2 saturated carbocycles. The van der Waals surface area contributed by atoms with Crippen molar-refractivity contribution in [3.8, 4) is 0 Å². The summed E-state index contributed by atoms with van der Waals surface area (Å²) in [5.74, 6) is -0.0158. The fourth-order valence-corrected chi connectivity index (χ4v) is 4.45. The Kier molecular flexibility index (Phi) is 6.28. The lowest BCUT2D eigenvalue weighted by Crippen LogP contribution is -2.48. The highest BCUT2D eigenvalue weighted by Crippen LogP contribution is 2.38. The van der Waals surface area contributed by atoms with E-state index in [9.17, 15) is 14.0 Å². The van der Waals surface area contributed by atoms with Gasteiger partial charge in [0.1, 0.15) is 5.82 Å². The summed E-state index contributed by atoms with van der Waals surface area (Å²) in [4.78, 5) is 24.5. The van der Waals surface area contributed by atoms with Crippen molar-refractivity contribution in [3.05, 3.63) is 35.6 Å². The molecule has 0 aliphatic heterocycles. The van der Waals surface area contributed by atoms with Gasteiger partial charge in [-0.25, -0.2) is 4.39 Å². The predicted molar refractivity (Wildman–Crippen MR) is 98.9 cm³/mol. The van der Waals surface area contributed by atoms with Crippen molar-refractivity contribution < 1.29 is 14.0 Å². The summed E-state index contributed by atoms with van der Waals surface area (Å²) in [7, 11) is 0. The number of hydrogen-bond acceptors (Lipinski definition) is 2. The number of amides is 2. The van der Waals surface area contributed by atoms with Crippen LogP contribution in [0.4, 0.5) is 4.39 Å². The number of carbonyl (C=O) groups is 2. The van der Waals surface area contributed by atoms with Crippen molar-refractivity contribution in [2.75, 3.05) is 6.54 Å². The number of carbonyl (C=O) groups excluding carboxylic acids is 2. The Labute approximate surface area is 154 Å². The summed E-state index contributed by atoms with van der Waals surface area (Å²) >= 11 is 0. The summed E-state index contributed by atoms with van der Waals surface area (Å²) in [5, 5.41) is 5.88. The quantitative estimate of drug-likeness (QED) is 0.811. The van der Waals surface area contributed by atoms with Gasteiger partial charge in [0.2, 0.25) is 11.8 Å². The lowest BCUT2D eigenvalue weighted by molar-refractivity contribution is -0.127. The van der Waals surface area contributed by atoms with Crippen LogP contribution in [0.25, 0.3) is 0 Å². The highest BCUT2D eigenvalue weighted by molar-refractivity contribution is 5.85. The molecule has 142 valence electrons. The van der Waals surface area contributed by atoms with E-state index in [2.05, 4.69) is 10.6 Å². The number of benzene rings is 1. The summed E-state index contributed by atoms with van der Waals surface area (Å²) in [6.45, 7) is 0.00843. The van der Waals surface area contributed by atoms with Crippen LogP contribution >= 0.6 is 0 Å². The van der Waals surface area contributed by atoms with Gasteiger partial charge in [-0.05, 0) is 49.3 Å². The maximum absolute atomic E-state index is 13.2. The molecule has 0 heterocycles. The summed E-state index contributed by atoms with van der Waals surface area (Å²) in [5.41, 5.74) is 0.511. The van der Waals surface area contributed by atoms with E-state index < -0.39 is 5.54 Å². The van der Waals surface area contributed by atoms with Crippen molar-refractivity contribution in [3.63, 3.8) is 0 Å². The third kappa shape index (κ3) is 4.83. The molecule has 2 amide bonds. The first-order valence-electron chi connectivity index (χ1n) is 9.91. The zero-order valence-corrected chi connectivity index (χ0v) is 15.4. The lowest BCUT2D eigenvalue weighted by atomic mass is 9.87. The van der Waals surface area contributed by atoms with E-state index in [1.807, 2.05) is 0 Å². The molecule has 0 spiro atoms. The molecule has 2 fully saturated rings. The third-order valence-corrected chi connectivity index (χ3v) is 5.88.